The lowest BCUT2D eigenvalue weighted by atomic mass is 10.2. The molecular formula is C22H35IN6O2. The van der Waals surface area contributed by atoms with E-state index in [-0.39, 0.29) is 36.4 Å². The summed E-state index contributed by atoms with van der Waals surface area (Å²) in [5.74, 6) is 0.670. The number of H-pyrrole nitrogens is 1. The van der Waals surface area contributed by atoms with Crippen LogP contribution in [-0.2, 0) is 16.0 Å². The number of benzene rings is 1. The Morgan fingerprint density at radius 1 is 1.19 bits per heavy atom. The smallest absolute Gasteiger partial charge is 0.243 e. The molecule has 3 rings (SSSR count). The molecule has 9 heteroatoms. The number of carbonyl (C=O) groups is 1. The Morgan fingerprint density at radius 3 is 2.68 bits per heavy atom. The monoisotopic (exact) mass is 542 g/mol. The molecule has 0 aliphatic carbocycles. The number of rotatable bonds is 9. The van der Waals surface area contributed by atoms with Gasteiger partial charge in [0, 0.05) is 57.9 Å². The van der Waals surface area contributed by atoms with Crippen LogP contribution in [0.25, 0.3) is 10.9 Å². The molecular weight excluding hydrogens is 507 g/mol. The second-order valence-electron chi connectivity index (χ2n) is 7.75. The summed E-state index contributed by atoms with van der Waals surface area (Å²) in [7, 11) is 3.49. The first kappa shape index (κ1) is 25.4. The van der Waals surface area contributed by atoms with Crippen molar-refractivity contribution in [2.75, 3.05) is 66.6 Å². The summed E-state index contributed by atoms with van der Waals surface area (Å²) in [6, 6.07) is 10.5. The van der Waals surface area contributed by atoms with E-state index in [1.807, 2.05) is 12.1 Å². The van der Waals surface area contributed by atoms with Crippen LogP contribution in [0.3, 0.4) is 0 Å². The normalized spacial score (nSPS) is 14.8. The molecule has 0 atom stereocenters. The Hall–Kier alpha value is -1.85. The van der Waals surface area contributed by atoms with Crippen molar-refractivity contribution in [2.45, 2.75) is 12.8 Å². The van der Waals surface area contributed by atoms with Crippen LogP contribution in [0.4, 0.5) is 0 Å². The summed E-state index contributed by atoms with van der Waals surface area (Å²) in [6.07, 6.45) is 1.87. The van der Waals surface area contributed by atoms with Gasteiger partial charge in [-0.2, -0.15) is 0 Å². The molecule has 1 aliphatic heterocycles. The SMILES string of the molecule is CN(C)C(=O)CN=C(NCCCN1CCOCC1)NCCc1cc2ccccc2[nH]1.I. The number of morpholine rings is 1. The van der Waals surface area contributed by atoms with E-state index in [1.54, 1.807) is 19.0 Å². The predicted molar refractivity (Wildman–Crippen MR) is 136 cm³/mol. The first-order valence-corrected chi connectivity index (χ1v) is 10.7. The summed E-state index contributed by atoms with van der Waals surface area (Å²) in [4.78, 5) is 23.8. The van der Waals surface area contributed by atoms with Crippen molar-refractivity contribution in [2.24, 2.45) is 4.99 Å². The fraction of sp³-hybridized carbons (Fsp3) is 0.545. The van der Waals surface area contributed by atoms with Crippen LogP contribution in [0.2, 0.25) is 0 Å². The number of halogens is 1. The highest BCUT2D eigenvalue weighted by molar-refractivity contribution is 14.0. The van der Waals surface area contributed by atoms with Crippen LogP contribution < -0.4 is 10.6 Å². The summed E-state index contributed by atoms with van der Waals surface area (Å²) in [5, 5.41) is 7.95. The molecule has 1 amide bonds. The first-order chi connectivity index (χ1) is 14.6. The number of ether oxygens (including phenoxy) is 1. The maximum absolute atomic E-state index is 11.9. The van der Waals surface area contributed by atoms with Crippen LogP contribution in [0.1, 0.15) is 12.1 Å². The molecule has 1 saturated heterocycles. The summed E-state index contributed by atoms with van der Waals surface area (Å²) in [6.45, 7) is 6.36. The van der Waals surface area contributed by atoms with E-state index in [4.69, 9.17) is 4.74 Å². The van der Waals surface area contributed by atoms with Gasteiger partial charge in [0.25, 0.3) is 0 Å². The van der Waals surface area contributed by atoms with E-state index < -0.39 is 0 Å². The molecule has 0 unspecified atom stereocenters. The average molecular weight is 542 g/mol. The number of likely N-dealkylation sites (N-methyl/N-ethyl adjacent to an activating group) is 1. The molecule has 1 fully saturated rings. The molecule has 0 bridgehead atoms. The first-order valence-electron chi connectivity index (χ1n) is 10.7. The maximum Gasteiger partial charge on any atom is 0.243 e. The number of fused-ring (bicyclic) bond motifs is 1. The van der Waals surface area contributed by atoms with E-state index in [2.05, 4.69) is 43.7 Å². The zero-order chi connectivity index (χ0) is 21.2. The largest absolute Gasteiger partial charge is 0.379 e. The predicted octanol–water partition coefficient (Wildman–Crippen LogP) is 1.67. The third kappa shape index (κ3) is 8.66. The van der Waals surface area contributed by atoms with Gasteiger partial charge in [0.2, 0.25) is 5.91 Å². The van der Waals surface area contributed by atoms with Crippen molar-refractivity contribution in [3.8, 4) is 0 Å². The quantitative estimate of drug-likeness (QED) is 0.194. The lowest BCUT2D eigenvalue weighted by Crippen LogP contribution is -2.41. The number of aliphatic imine (C=N–C) groups is 1. The van der Waals surface area contributed by atoms with Gasteiger partial charge in [0.15, 0.2) is 5.96 Å². The summed E-state index contributed by atoms with van der Waals surface area (Å²) >= 11 is 0. The van der Waals surface area contributed by atoms with Crippen molar-refractivity contribution in [3.05, 3.63) is 36.0 Å². The van der Waals surface area contributed by atoms with E-state index >= 15 is 0 Å². The third-order valence-electron chi connectivity index (χ3n) is 5.19. The number of nitrogens with one attached hydrogen (secondary N) is 3. The number of hydrogen-bond donors (Lipinski definition) is 3. The number of guanidine groups is 1. The Kier molecular flexibility index (Phi) is 11.1. The molecule has 1 aromatic heterocycles. The zero-order valence-electron chi connectivity index (χ0n) is 18.5. The Morgan fingerprint density at radius 2 is 1.94 bits per heavy atom. The molecule has 31 heavy (non-hydrogen) atoms. The minimum atomic E-state index is -0.0139. The molecule has 172 valence electrons. The number of amides is 1. The highest BCUT2D eigenvalue weighted by atomic mass is 127. The van der Waals surface area contributed by atoms with Crippen molar-refractivity contribution in [1.82, 2.24) is 25.4 Å². The van der Waals surface area contributed by atoms with Crippen molar-refractivity contribution < 1.29 is 9.53 Å². The molecule has 0 saturated carbocycles. The van der Waals surface area contributed by atoms with Gasteiger partial charge in [0.1, 0.15) is 6.54 Å². The average Bonchev–Trinajstić information content (AvgIpc) is 3.17. The topological polar surface area (TPSA) is 85.0 Å². The number of aromatic nitrogens is 1. The summed E-state index contributed by atoms with van der Waals surface area (Å²) < 4.78 is 5.39. The second kappa shape index (κ2) is 13.5. The van der Waals surface area contributed by atoms with Crippen molar-refractivity contribution in [3.63, 3.8) is 0 Å². The van der Waals surface area contributed by atoms with Gasteiger partial charge in [-0.3, -0.25) is 9.69 Å². The van der Waals surface area contributed by atoms with Gasteiger partial charge in [-0.1, -0.05) is 18.2 Å². The molecule has 0 radical (unpaired) electrons. The number of aromatic amines is 1. The lowest BCUT2D eigenvalue weighted by molar-refractivity contribution is -0.127. The van der Waals surface area contributed by atoms with E-state index in [0.29, 0.717) is 5.96 Å². The van der Waals surface area contributed by atoms with E-state index in [0.717, 1.165) is 64.3 Å². The molecule has 2 heterocycles. The number of hydrogen-bond acceptors (Lipinski definition) is 4. The van der Waals surface area contributed by atoms with Crippen molar-refractivity contribution >= 4 is 46.7 Å². The highest BCUT2D eigenvalue weighted by Crippen LogP contribution is 2.14. The molecule has 8 nitrogen and oxygen atoms in total. The minimum Gasteiger partial charge on any atom is -0.379 e. The van der Waals surface area contributed by atoms with Crippen LogP contribution in [0.15, 0.2) is 35.3 Å². The van der Waals surface area contributed by atoms with E-state index in [1.165, 1.54) is 11.1 Å². The minimum absolute atomic E-state index is 0. The van der Waals surface area contributed by atoms with Crippen LogP contribution in [0.5, 0.6) is 0 Å². The fourth-order valence-corrected chi connectivity index (χ4v) is 3.38. The van der Waals surface area contributed by atoms with Crippen LogP contribution in [-0.4, -0.2) is 93.2 Å². The van der Waals surface area contributed by atoms with Crippen molar-refractivity contribution in [1.29, 1.82) is 0 Å². The molecule has 3 N–H and O–H groups in total. The molecule has 1 aromatic carbocycles. The number of para-hydroxylation sites is 1. The Balaban J connectivity index is 0.00000341. The molecule has 0 spiro atoms. The van der Waals surface area contributed by atoms with Crippen LogP contribution in [0, 0.1) is 0 Å². The number of nitrogens with zero attached hydrogens (tertiary/aromatic N) is 3. The van der Waals surface area contributed by atoms with E-state index in [9.17, 15) is 4.79 Å². The zero-order valence-corrected chi connectivity index (χ0v) is 20.9. The van der Waals surface area contributed by atoms with Gasteiger partial charge in [-0.25, -0.2) is 4.99 Å². The van der Waals surface area contributed by atoms with Gasteiger partial charge >= 0.3 is 0 Å². The maximum atomic E-state index is 11.9. The standard InChI is InChI=1S/C22H34N6O2.HI/c1-27(2)21(29)17-25-22(23-9-5-11-28-12-14-30-15-13-28)24-10-8-19-16-18-6-3-4-7-20(18)26-19;/h3-4,6-7,16,26H,5,8-15,17H2,1-2H3,(H2,23,24,25);1H. The highest BCUT2D eigenvalue weighted by Gasteiger charge is 2.10. The lowest BCUT2D eigenvalue weighted by Gasteiger charge is -2.26. The van der Waals surface area contributed by atoms with Gasteiger partial charge in [-0.05, 0) is 30.5 Å². The molecule has 2 aromatic rings. The number of carbonyl (C=O) groups excluding carboxylic acids is 1. The molecule has 1 aliphatic rings. The van der Waals surface area contributed by atoms with Crippen LogP contribution >= 0.6 is 24.0 Å². The van der Waals surface area contributed by atoms with Gasteiger partial charge in [-0.15, -0.1) is 24.0 Å². The fourth-order valence-electron chi connectivity index (χ4n) is 3.38. The Labute approximate surface area is 201 Å². The second-order valence-corrected chi connectivity index (χ2v) is 7.75. The van der Waals surface area contributed by atoms with Gasteiger partial charge < -0.3 is 25.3 Å². The van der Waals surface area contributed by atoms with Gasteiger partial charge in [0.05, 0.1) is 13.2 Å². The summed E-state index contributed by atoms with van der Waals surface area (Å²) in [5.41, 5.74) is 2.33. The Bertz CT molecular complexity index is 799. The third-order valence-corrected chi connectivity index (χ3v) is 5.19.